The zero-order valence-corrected chi connectivity index (χ0v) is 11.5. The molecule has 0 aliphatic rings. The molecule has 2 aromatic rings. The normalized spacial score (nSPS) is 10.4. The number of hydrogen-bond acceptors (Lipinski definition) is 5. The molecule has 21 heavy (non-hydrogen) atoms. The summed E-state index contributed by atoms with van der Waals surface area (Å²) in [7, 11) is 0. The first-order valence-corrected chi connectivity index (χ1v) is 6.09. The fourth-order valence-corrected chi connectivity index (χ4v) is 1.83. The van der Waals surface area contributed by atoms with Crippen molar-refractivity contribution < 1.29 is 24.0 Å². The van der Waals surface area contributed by atoms with E-state index in [1.54, 1.807) is 13.8 Å². The van der Waals surface area contributed by atoms with Crippen LogP contribution in [0.25, 0.3) is 0 Å². The van der Waals surface area contributed by atoms with E-state index in [2.05, 4.69) is 0 Å². The average molecular weight is 291 g/mol. The third-order valence-electron chi connectivity index (χ3n) is 2.98. The largest absolute Gasteiger partial charge is 0.488 e. The lowest BCUT2D eigenvalue weighted by Gasteiger charge is -2.08. The van der Waals surface area contributed by atoms with Crippen molar-refractivity contribution in [1.29, 1.82) is 0 Å². The molecule has 1 aromatic carbocycles. The van der Waals surface area contributed by atoms with Gasteiger partial charge in [-0.1, -0.05) is 0 Å². The number of carboxylic acid groups (broad SMARTS) is 1. The highest BCUT2D eigenvalue weighted by Crippen LogP contribution is 2.25. The number of aryl methyl sites for hydroxylation is 2. The fraction of sp³-hybridized carbons (Fsp3) is 0.214. The summed E-state index contributed by atoms with van der Waals surface area (Å²) in [5.74, 6) is -0.326. The third-order valence-corrected chi connectivity index (χ3v) is 2.98. The van der Waals surface area contributed by atoms with Crippen LogP contribution in [0.3, 0.4) is 0 Å². The summed E-state index contributed by atoms with van der Waals surface area (Å²) < 4.78 is 10.6. The van der Waals surface area contributed by atoms with Crippen LogP contribution in [0.15, 0.2) is 28.7 Å². The van der Waals surface area contributed by atoms with E-state index in [4.69, 9.17) is 14.3 Å². The molecule has 0 fully saturated rings. The molecule has 0 saturated heterocycles. The minimum absolute atomic E-state index is 0.00694. The van der Waals surface area contributed by atoms with Crippen molar-refractivity contribution in [3.8, 4) is 5.75 Å². The highest BCUT2D eigenvalue weighted by Gasteiger charge is 2.14. The van der Waals surface area contributed by atoms with Crippen molar-refractivity contribution >= 4 is 11.7 Å². The number of ether oxygens (including phenoxy) is 1. The van der Waals surface area contributed by atoms with Gasteiger partial charge in [-0.25, -0.2) is 4.79 Å². The maximum atomic E-state index is 10.8. The molecule has 1 heterocycles. The van der Waals surface area contributed by atoms with E-state index in [9.17, 15) is 14.9 Å². The van der Waals surface area contributed by atoms with Crippen LogP contribution in [-0.2, 0) is 6.61 Å². The summed E-state index contributed by atoms with van der Waals surface area (Å²) in [6, 6.07) is 5.69. The van der Waals surface area contributed by atoms with Gasteiger partial charge in [0.1, 0.15) is 18.1 Å². The smallest absolute Gasteiger partial charge is 0.371 e. The van der Waals surface area contributed by atoms with Gasteiger partial charge >= 0.3 is 5.97 Å². The average Bonchev–Trinajstić information content (AvgIpc) is 2.79. The van der Waals surface area contributed by atoms with E-state index in [-0.39, 0.29) is 18.1 Å². The minimum Gasteiger partial charge on any atom is -0.488 e. The molecule has 0 aliphatic heterocycles. The second-order valence-corrected chi connectivity index (χ2v) is 4.49. The maximum Gasteiger partial charge on any atom is 0.371 e. The van der Waals surface area contributed by atoms with Crippen LogP contribution in [0.1, 0.15) is 27.4 Å². The zero-order valence-electron chi connectivity index (χ0n) is 11.5. The quantitative estimate of drug-likeness (QED) is 0.670. The summed E-state index contributed by atoms with van der Waals surface area (Å²) in [6.45, 7) is 3.47. The van der Waals surface area contributed by atoms with Gasteiger partial charge in [0.25, 0.3) is 5.69 Å². The van der Waals surface area contributed by atoms with Crippen LogP contribution >= 0.6 is 0 Å². The van der Waals surface area contributed by atoms with E-state index in [1.807, 2.05) is 0 Å². The predicted octanol–water partition coefficient (Wildman–Crippen LogP) is 3.08. The van der Waals surface area contributed by atoms with Crippen LogP contribution in [0.4, 0.5) is 5.69 Å². The SMILES string of the molecule is Cc1cc([N+](=O)[O-])ccc1OCc1cc(C(=O)O)oc1C. The number of aromatic carboxylic acids is 1. The first-order valence-electron chi connectivity index (χ1n) is 6.09. The first-order chi connectivity index (χ1) is 9.88. The molecule has 0 aliphatic carbocycles. The van der Waals surface area contributed by atoms with Gasteiger partial charge in [-0.05, 0) is 31.5 Å². The van der Waals surface area contributed by atoms with Crippen LogP contribution in [-0.4, -0.2) is 16.0 Å². The standard InChI is InChI=1S/C14H13NO6/c1-8-5-11(15(18)19)3-4-12(8)20-7-10-6-13(14(16)17)21-9(10)2/h3-6H,7H2,1-2H3,(H,16,17). The molecule has 0 radical (unpaired) electrons. The van der Waals surface area contributed by atoms with E-state index in [0.29, 0.717) is 22.6 Å². The molecular formula is C14H13NO6. The number of furan rings is 1. The molecule has 7 heteroatoms. The molecule has 0 bridgehead atoms. The summed E-state index contributed by atoms with van der Waals surface area (Å²) in [4.78, 5) is 21.0. The third kappa shape index (κ3) is 3.19. The molecule has 0 unspecified atom stereocenters. The molecule has 0 atom stereocenters. The lowest BCUT2D eigenvalue weighted by atomic mass is 10.2. The van der Waals surface area contributed by atoms with Crippen molar-refractivity contribution in [3.63, 3.8) is 0 Å². The van der Waals surface area contributed by atoms with E-state index >= 15 is 0 Å². The molecular weight excluding hydrogens is 278 g/mol. The highest BCUT2D eigenvalue weighted by molar-refractivity contribution is 5.84. The lowest BCUT2D eigenvalue weighted by molar-refractivity contribution is -0.384. The van der Waals surface area contributed by atoms with Crippen LogP contribution < -0.4 is 4.74 Å². The molecule has 0 amide bonds. The number of non-ortho nitro benzene ring substituents is 1. The Morgan fingerprint density at radius 1 is 1.38 bits per heavy atom. The Bertz CT molecular complexity index is 703. The van der Waals surface area contributed by atoms with Gasteiger partial charge in [0.2, 0.25) is 5.76 Å². The van der Waals surface area contributed by atoms with E-state index in [1.165, 1.54) is 24.3 Å². The van der Waals surface area contributed by atoms with Crippen LogP contribution in [0.2, 0.25) is 0 Å². The van der Waals surface area contributed by atoms with Crippen molar-refractivity contribution in [3.05, 3.63) is 57.0 Å². The van der Waals surface area contributed by atoms with Crippen molar-refractivity contribution in [1.82, 2.24) is 0 Å². The second kappa shape index (κ2) is 5.66. The van der Waals surface area contributed by atoms with Gasteiger partial charge in [-0.3, -0.25) is 10.1 Å². The summed E-state index contributed by atoms with van der Waals surface area (Å²) >= 11 is 0. The molecule has 1 N–H and O–H groups in total. The number of rotatable bonds is 5. The van der Waals surface area contributed by atoms with Gasteiger partial charge in [-0.2, -0.15) is 0 Å². The number of carbonyl (C=O) groups is 1. The zero-order chi connectivity index (χ0) is 15.6. The van der Waals surface area contributed by atoms with Gasteiger partial charge in [0.15, 0.2) is 0 Å². The Morgan fingerprint density at radius 2 is 2.10 bits per heavy atom. The summed E-state index contributed by atoms with van der Waals surface area (Å²) in [5.41, 5.74) is 1.24. The number of nitro groups is 1. The van der Waals surface area contributed by atoms with Gasteiger partial charge in [0, 0.05) is 17.7 Å². The Hall–Kier alpha value is -2.83. The fourth-order valence-electron chi connectivity index (χ4n) is 1.83. The monoisotopic (exact) mass is 291 g/mol. The van der Waals surface area contributed by atoms with E-state index in [0.717, 1.165) is 0 Å². The topological polar surface area (TPSA) is 103 Å². The van der Waals surface area contributed by atoms with Crippen molar-refractivity contribution in [2.45, 2.75) is 20.5 Å². The Morgan fingerprint density at radius 3 is 2.62 bits per heavy atom. The number of nitro benzene ring substituents is 1. The Kier molecular flexibility index (Phi) is 3.93. The van der Waals surface area contributed by atoms with Crippen LogP contribution in [0, 0.1) is 24.0 Å². The second-order valence-electron chi connectivity index (χ2n) is 4.49. The number of benzene rings is 1. The van der Waals surface area contributed by atoms with Gasteiger partial charge in [-0.15, -0.1) is 0 Å². The van der Waals surface area contributed by atoms with Crippen LogP contribution in [0.5, 0.6) is 5.75 Å². The number of nitrogens with zero attached hydrogens (tertiary/aromatic N) is 1. The highest BCUT2D eigenvalue weighted by atomic mass is 16.6. The van der Waals surface area contributed by atoms with Gasteiger partial charge in [0.05, 0.1) is 4.92 Å². The maximum absolute atomic E-state index is 10.8. The molecule has 7 nitrogen and oxygen atoms in total. The molecule has 1 aromatic heterocycles. The molecule has 110 valence electrons. The molecule has 0 spiro atoms. The van der Waals surface area contributed by atoms with Crippen molar-refractivity contribution in [2.75, 3.05) is 0 Å². The molecule has 2 rings (SSSR count). The lowest BCUT2D eigenvalue weighted by Crippen LogP contribution is -1.98. The minimum atomic E-state index is -1.14. The van der Waals surface area contributed by atoms with E-state index < -0.39 is 10.9 Å². The predicted molar refractivity (Wildman–Crippen MR) is 72.6 cm³/mol. The number of hydrogen-bond donors (Lipinski definition) is 1. The molecule has 0 saturated carbocycles. The number of carboxylic acids is 1. The first kappa shape index (κ1) is 14.6. The summed E-state index contributed by atoms with van der Waals surface area (Å²) in [6.07, 6.45) is 0. The summed E-state index contributed by atoms with van der Waals surface area (Å²) in [5, 5.41) is 19.5. The Labute approximate surface area is 119 Å². The van der Waals surface area contributed by atoms with Gasteiger partial charge < -0.3 is 14.3 Å². The Balaban J connectivity index is 2.13. The van der Waals surface area contributed by atoms with Crippen molar-refractivity contribution in [2.24, 2.45) is 0 Å².